The minimum Gasteiger partial charge on any atom is -0.400 e. The molecule has 1 aromatic heterocycles. The van der Waals surface area contributed by atoms with Gasteiger partial charge in [-0.2, -0.15) is 0 Å². The molecular weight excluding hydrogens is 424 g/mol. The number of carbonyl (C=O) groups is 2. The van der Waals surface area contributed by atoms with Crippen molar-refractivity contribution in [1.82, 2.24) is 14.6 Å². The molecule has 2 aliphatic rings. The first-order valence-corrected chi connectivity index (χ1v) is 9.30. The van der Waals surface area contributed by atoms with Crippen molar-refractivity contribution in [2.24, 2.45) is 5.11 Å². The van der Waals surface area contributed by atoms with Gasteiger partial charge in [0.05, 0.1) is 23.8 Å². The van der Waals surface area contributed by atoms with E-state index >= 15 is 0 Å². The zero-order valence-corrected chi connectivity index (χ0v) is 16.8. The van der Waals surface area contributed by atoms with Crippen LogP contribution in [-0.2, 0) is 16.1 Å². The van der Waals surface area contributed by atoms with Crippen LogP contribution in [0.2, 0.25) is 0 Å². The van der Waals surface area contributed by atoms with E-state index in [0.29, 0.717) is 5.06 Å². The highest BCUT2D eigenvalue weighted by Gasteiger charge is 2.42. The summed E-state index contributed by atoms with van der Waals surface area (Å²) in [6.45, 7) is -0.524. The number of hydrogen-bond donors (Lipinski definition) is 2. The fourth-order valence-electron chi connectivity index (χ4n) is 3.35. The molecule has 3 atom stereocenters. The van der Waals surface area contributed by atoms with Crippen LogP contribution >= 0.6 is 0 Å². The number of hydrogen-bond acceptors (Lipinski definition) is 8. The normalized spacial score (nSPS) is 22.4. The highest BCUT2D eigenvalue weighted by Crippen LogP contribution is 2.32. The van der Waals surface area contributed by atoms with Gasteiger partial charge in [-0.05, 0) is 24.6 Å². The third-order valence-corrected chi connectivity index (χ3v) is 4.83. The highest BCUT2D eigenvalue weighted by atomic mass is 16.7. The predicted octanol–water partition coefficient (Wildman–Crippen LogP) is 0.859. The molecule has 2 N–H and O–H groups in total. The Hall–Kier alpha value is -3.77. The number of benzene rings is 1. The Morgan fingerprint density at radius 1 is 1.38 bits per heavy atom. The van der Waals surface area contributed by atoms with Gasteiger partial charge in [-0.1, -0.05) is 17.2 Å². The highest BCUT2D eigenvalue weighted by molar-refractivity contribution is 6.20. The minimum absolute atomic E-state index is 0.0316. The molecule has 3 heterocycles. The van der Waals surface area contributed by atoms with Gasteiger partial charge in [0, 0.05) is 31.6 Å². The van der Waals surface area contributed by atoms with Gasteiger partial charge in [-0.15, -0.1) is 5.06 Å². The van der Waals surface area contributed by atoms with Crippen LogP contribution in [0.1, 0.15) is 47.2 Å². The van der Waals surface area contributed by atoms with Crippen LogP contribution in [0.25, 0.3) is 10.4 Å². The number of aromatic amines is 1. The van der Waals surface area contributed by atoms with Crippen molar-refractivity contribution in [3.63, 3.8) is 0 Å². The Labute approximate surface area is 183 Å². The molecule has 0 aliphatic carbocycles. The first kappa shape index (κ1) is 20.2. The summed E-state index contributed by atoms with van der Waals surface area (Å²) in [6.07, 6.45) is -1.39. The smallest absolute Gasteiger partial charge is 0.330 e. The Morgan fingerprint density at radius 2 is 2.03 bits per heavy atom. The Morgan fingerprint density at radius 3 is 2.62 bits per heavy atom. The molecule has 0 saturated carbocycles. The van der Waals surface area contributed by atoms with E-state index < -0.39 is 41.5 Å². The van der Waals surface area contributed by atoms with Crippen LogP contribution in [0, 0.1) is 0 Å². The zero-order valence-electron chi connectivity index (χ0n) is 18.8. The molecule has 1 saturated heterocycles. The van der Waals surface area contributed by atoms with Crippen LogP contribution < -0.4 is 11.2 Å². The van der Waals surface area contributed by atoms with Crippen LogP contribution in [0.4, 0.5) is 0 Å². The summed E-state index contributed by atoms with van der Waals surface area (Å²) in [7, 11) is 1.29. The lowest BCUT2D eigenvalue weighted by molar-refractivity contribution is -0.146. The first-order chi connectivity index (χ1) is 16.4. The van der Waals surface area contributed by atoms with E-state index in [-0.39, 0.29) is 36.6 Å². The fourth-order valence-corrected chi connectivity index (χ4v) is 3.35. The molecule has 0 unspecified atom stereocenters. The predicted molar refractivity (Wildman–Crippen MR) is 108 cm³/mol. The van der Waals surface area contributed by atoms with Crippen molar-refractivity contribution in [3.05, 3.63) is 78.4 Å². The topological polar surface area (TPSA) is 180 Å². The number of aromatic nitrogens is 2. The fraction of sp³-hybridized carbons (Fsp3) is 0.368. The van der Waals surface area contributed by atoms with Crippen LogP contribution in [0.15, 0.2) is 45.2 Å². The second-order valence-electron chi connectivity index (χ2n) is 6.67. The number of amides is 2. The maximum Gasteiger partial charge on any atom is 0.330 e. The summed E-state index contributed by atoms with van der Waals surface area (Å²) in [5.74, 6) is -1.24. The average Bonchev–Trinajstić information content (AvgIpc) is 3.34. The summed E-state index contributed by atoms with van der Waals surface area (Å²) in [5, 5.41) is 7.46. The first-order valence-electron chi connectivity index (χ1n) is 10.4. The van der Waals surface area contributed by atoms with Gasteiger partial charge >= 0.3 is 5.69 Å². The molecule has 1 aromatic carbocycles. The molecule has 2 aliphatic heterocycles. The number of rotatable bonds is 5. The molecule has 32 heavy (non-hydrogen) atoms. The summed E-state index contributed by atoms with van der Waals surface area (Å²) in [6, 6.07) is 6.29. The zero-order chi connectivity index (χ0) is 24.8. The quantitative estimate of drug-likeness (QED) is 0.295. The van der Waals surface area contributed by atoms with E-state index in [0.717, 1.165) is 4.57 Å². The number of carbonyl (C=O) groups excluding carboxylic acids is 2. The molecule has 13 heteroatoms. The number of imide groups is 1. The maximum absolute atomic E-state index is 12.5. The summed E-state index contributed by atoms with van der Waals surface area (Å²) in [5.41, 5.74) is 7.48. The van der Waals surface area contributed by atoms with Gasteiger partial charge in [0.1, 0.15) is 12.3 Å². The van der Waals surface area contributed by atoms with Gasteiger partial charge in [0.15, 0.2) is 0 Å². The molecule has 0 spiro atoms. The summed E-state index contributed by atoms with van der Waals surface area (Å²) >= 11 is 0. The molecule has 2 amide bonds. The Bertz CT molecular complexity index is 1210. The van der Waals surface area contributed by atoms with E-state index in [9.17, 15) is 19.2 Å². The van der Waals surface area contributed by atoms with Gasteiger partial charge in [-0.25, -0.2) is 4.79 Å². The third kappa shape index (κ3) is 4.18. The van der Waals surface area contributed by atoms with Crippen molar-refractivity contribution in [1.29, 1.82) is 1.43 Å². The lowest BCUT2D eigenvalue weighted by Crippen LogP contribution is -2.37. The molecule has 2 aromatic rings. The van der Waals surface area contributed by atoms with Crippen LogP contribution in [0.5, 0.6) is 0 Å². The Kier molecular flexibility index (Phi) is 6.03. The standard InChI is InChI=1S/C18H16N6O6.CH4O/c1-9-13(30-24-16(26)11-4-2-3-5-12(11)17(24)27)6-14(29-9)23-8-10(7-20-22-19)15(25)21-18(23)28;1-2/h2-5,8-9,13-14H,6-7H2,1H3,(H,21,25,28);2H,1H3/t9-,13-,14-;/m1./s1/i1D;2T. The minimum atomic E-state index is -0.926. The third-order valence-electron chi connectivity index (χ3n) is 4.83. The molecule has 4 rings (SSSR count). The van der Waals surface area contributed by atoms with E-state index in [1.54, 1.807) is 12.1 Å². The number of ether oxygens (including phenoxy) is 1. The number of aliphatic hydroxyl groups excluding tert-OH is 1. The molecule has 168 valence electrons. The number of azide groups is 1. The van der Waals surface area contributed by atoms with Crippen molar-refractivity contribution in [2.45, 2.75) is 38.3 Å². The van der Waals surface area contributed by atoms with Gasteiger partial charge in [0.25, 0.3) is 17.4 Å². The van der Waals surface area contributed by atoms with Crippen LogP contribution in [-0.4, -0.2) is 52.3 Å². The van der Waals surface area contributed by atoms with E-state index in [1.807, 2.05) is 0 Å². The SMILES string of the molecule is [2H]C[C@H]1O[C@@H](n2cc(CN=[N+]=[N-])c(=O)[nH]c2=O)C[C@H]1ON1C(=O)c2ccccc2C1=O.[3H]OC. The van der Waals surface area contributed by atoms with E-state index in [2.05, 4.69) is 20.1 Å². The lowest BCUT2D eigenvalue weighted by Gasteiger charge is -2.20. The number of hydroxylamine groups is 2. The number of nitrogens with zero attached hydrogens (tertiary/aromatic N) is 5. The summed E-state index contributed by atoms with van der Waals surface area (Å²) in [4.78, 5) is 59.6. The van der Waals surface area contributed by atoms with Crippen LogP contribution in [0.3, 0.4) is 0 Å². The number of nitrogens with one attached hydrogen (secondary N) is 1. The maximum atomic E-state index is 12.5. The van der Waals surface area contributed by atoms with Crippen molar-refractivity contribution < 1.29 is 25.6 Å². The van der Waals surface area contributed by atoms with Gasteiger partial charge in [-0.3, -0.25) is 28.8 Å². The van der Waals surface area contributed by atoms with Crippen molar-refractivity contribution in [3.8, 4) is 0 Å². The molecule has 0 bridgehead atoms. The van der Waals surface area contributed by atoms with E-state index in [4.69, 9.17) is 17.9 Å². The number of aliphatic hydroxyl groups is 1. The summed E-state index contributed by atoms with van der Waals surface area (Å²) < 4.78 is 20.2. The number of fused-ring (bicyclic) bond motifs is 1. The average molecular weight is 447 g/mol. The molecule has 1 fully saturated rings. The molecule has 0 radical (unpaired) electrons. The number of H-pyrrole nitrogens is 1. The lowest BCUT2D eigenvalue weighted by atomic mass is 10.1. The van der Waals surface area contributed by atoms with Gasteiger partial charge in [0.2, 0.25) is 1.43 Å². The second kappa shape index (κ2) is 9.58. The van der Waals surface area contributed by atoms with Crippen molar-refractivity contribution >= 4 is 11.8 Å². The largest absolute Gasteiger partial charge is 0.400 e. The van der Waals surface area contributed by atoms with Crippen molar-refractivity contribution in [2.75, 3.05) is 7.11 Å². The van der Waals surface area contributed by atoms with Gasteiger partial charge < -0.3 is 9.85 Å². The monoisotopic (exact) mass is 447 g/mol. The molecule has 13 nitrogen and oxygen atoms in total. The second-order valence-corrected chi connectivity index (χ2v) is 6.67. The Balaban J connectivity index is 0.00000103. The van der Waals surface area contributed by atoms with E-state index in [1.165, 1.54) is 25.4 Å². The molecular formula is C19H20N6O7.